The van der Waals surface area contributed by atoms with Gasteiger partial charge in [-0.05, 0) is 51.4 Å². The van der Waals surface area contributed by atoms with Crippen molar-refractivity contribution in [1.29, 1.82) is 0 Å². The molecule has 0 heterocycles. The van der Waals surface area contributed by atoms with E-state index in [9.17, 15) is 19.4 Å². The Morgan fingerprint density at radius 3 is 1.48 bits per heavy atom. The lowest BCUT2D eigenvalue weighted by molar-refractivity contribution is -0.154. The van der Waals surface area contributed by atoms with Crippen LogP contribution in [0, 0.1) is 0 Å². The molecule has 3 N–H and O–H groups in total. The van der Waals surface area contributed by atoms with Crippen molar-refractivity contribution in [2.24, 2.45) is 0 Å². The number of hydrogen-bond donors (Lipinski definition) is 3. The molecule has 0 aliphatic rings. The van der Waals surface area contributed by atoms with Crippen LogP contribution in [0.1, 0.15) is 206 Å². The predicted molar refractivity (Wildman–Crippen MR) is 242 cm³/mol. The fraction of sp³-hybridized carbons (Fsp3) is 0.812. The first-order valence-corrected chi connectivity index (χ1v) is 25.1. The molecule has 0 spiro atoms. The fourth-order valence-electron chi connectivity index (χ4n) is 6.47. The Morgan fingerprint density at radius 2 is 0.983 bits per heavy atom. The normalized spacial score (nSPS) is 14.4. The minimum absolute atomic E-state index is 0.0495. The zero-order valence-electron chi connectivity index (χ0n) is 37.3. The van der Waals surface area contributed by atoms with Gasteiger partial charge in [-0.2, -0.15) is 0 Å². The van der Waals surface area contributed by atoms with Gasteiger partial charge in [-0.25, -0.2) is 4.57 Å². The van der Waals surface area contributed by atoms with Crippen molar-refractivity contribution >= 4 is 13.8 Å². The van der Waals surface area contributed by atoms with E-state index < -0.39 is 33.2 Å². The molecule has 0 rings (SSSR count). The van der Waals surface area contributed by atoms with Crippen LogP contribution >= 0.6 is 7.82 Å². The van der Waals surface area contributed by atoms with Gasteiger partial charge in [0, 0.05) is 13.0 Å². The van der Waals surface area contributed by atoms with Gasteiger partial charge >= 0.3 is 13.8 Å². The Kier molecular flexibility index (Phi) is 43.7. The lowest BCUT2D eigenvalue weighted by atomic mass is 10.0. The zero-order chi connectivity index (χ0) is 42.5. The van der Waals surface area contributed by atoms with Crippen molar-refractivity contribution in [3.63, 3.8) is 0 Å². The molecule has 0 aliphatic heterocycles. The van der Waals surface area contributed by atoms with E-state index in [0.717, 1.165) is 70.6 Å². The van der Waals surface area contributed by atoms with Gasteiger partial charge in [0.05, 0.1) is 26.4 Å². The second-order valence-electron chi connectivity index (χ2n) is 15.8. The molecule has 10 heteroatoms. The summed E-state index contributed by atoms with van der Waals surface area (Å²) in [6, 6.07) is 0. The molecule has 9 nitrogen and oxygen atoms in total. The van der Waals surface area contributed by atoms with E-state index in [1.165, 1.54) is 116 Å². The first-order chi connectivity index (χ1) is 28.3. The van der Waals surface area contributed by atoms with Gasteiger partial charge in [0.25, 0.3) is 0 Å². The number of rotatable bonds is 45. The molecule has 340 valence electrons. The number of hydrogen-bond acceptors (Lipinski definition) is 8. The molecule has 3 atom stereocenters. The maximum atomic E-state index is 12.7. The lowest BCUT2D eigenvalue weighted by Gasteiger charge is -2.20. The number of carbonyl (C=O) groups is 1. The summed E-state index contributed by atoms with van der Waals surface area (Å²) in [7, 11) is -4.52. The van der Waals surface area contributed by atoms with Gasteiger partial charge in [-0.1, -0.05) is 197 Å². The molecule has 0 saturated heterocycles. The Balaban J connectivity index is 4.09. The van der Waals surface area contributed by atoms with E-state index in [0.29, 0.717) is 6.61 Å². The summed E-state index contributed by atoms with van der Waals surface area (Å²) in [6.07, 6.45) is 50.7. The van der Waals surface area contributed by atoms with Crippen molar-refractivity contribution in [2.75, 3.05) is 33.0 Å². The lowest BCUT2D eigenvalue weighted by Crippen LogP contribution is -2.29. The maximum Gasteiger partial charge on any atom is 0.472 e. The van der Waals surface area contributed by atoms with E-state index in [2.05, 4.69) is 62.5 Å². The van der Waals surface area contributed by atoms with Crippen LogP contribution in [0.25, 0.3) is 0 Å². The first kappa shape index (κ1) is 56.4. The van der Waals surface area contributed by atoms with Crippen LogP contribution in [-0.2, 0) is 27.9 Å². The molecule has 0 saturated carbocycles. The number of carbonyl (C=O) groups excluding carboxylic acids is 1. The SMILES string of the molecule is CC/C=C\C/C=C\C/C=C\C/C=C\CCCCCCCCCCCCC(=O)OC(COCCCCCCCCCCCCCCCC)COP(=O)(O)OCC(O)CO. The van der Waals surface area contributed by atoms with Crippen LogP contribution in [0.4, 0.5) is 0 Å². The largest absolute Gasteiger partial charge is 0.472 e. The molecule has 0 amide bonds. The number of ether oxygens (including phenoxy) is 2. The number of aliphatic hydroxyl groups excluding tert-OH is 2. The maximum absolute atomic E-state index is 12.7. The number of aliphatic hydroxyl groups is 2. The summed E-state index contributed by atoms with van der Waals surface area (Å²) in [4.78, 5) is 22.6. The number of allylic oxidation sites excluding steroid dienone is 8. The van der Waals surface area contributed by atoms with Crippen LogP contribution in [0.3, 0.4) is 0 Å². The first-order valence-electron chi connectivity index (χ1n) is 23.6. The zero-order valence-corrected chi connectivity index (χ0v) is 38.2. The third-order valence-electron chi connectivity index (χ3n) is 10.0. The number of esters is 1. The fourth-order valence-corrected chi connectivity index (χ4v) is 7.25. The monoisotopic (exact) mass is 841 g/mol. The summed E-state index contributed by atoms with van der Waals surface area (Å²) in [5.74, 6) is -0.386. The Labute approximate surface area is 356 Å². The van der Waals surface area contributed by atoms with Gasteiger partial charge in [0.15, 0.2) is 0 Å². The van der Waals surface area contributed by atoms with Crippen molar-refractivity contribution in [3.05, 3.63) is 48.6 Å². The second kappa shape index (κ2) is 45.0. The molecule has 3 unspecified atom stereocenters. The van der Waals surface area contributed by atoms with Gasteiger partial charge in [0.1, 0.15) is 12.2 Å². The smallest absolute Gasteiger partial charge is 0.457 e. The van der Waals surface area contributed by atoms with Crippen LogP contribution in [-0.4, -0.2) is 66.3 Å². The number of phosphoric acid groups is 1. The van der Waals surface area contributed by atoms with Crippen molar-refractivity contribution in [1.82, 2.24) is 0 Å². The molecule has 0 fully saturated rings. The minimum atomic E-state index is -4.52. The van der Waals surface area contributed by atoms with E-state index >= 15 is 0 Å². The Bertz CT molecular complexity index is 1040. The highest BCUT2D eigenvalue weighted by Crippen LogP contribution is 2.43. The van der Waals surface area contributed by atoms with Gasteiger partial charge in [0.2, 0.25) is 0 Å². The van der Waals surface area contributed by atoms with Crippen LogP contribution < -0.4 is 0 Å². The summed E-state index contributed by atoms with van der Waals surface area (Å²) in [5, 5.41) is 18.4. The molecular formula is C48H89O9P. The average Bonchev–Trinajstić information content (AvgIpc) is 3.21. The average molecular weight is 841 g/mol. The molecule has 0 aromatic carbocycles. The quantitative estimate of drug-likeness (QED) is 0.0237. The highest BCUT2D eigenvalue weighted by atomic mass is 31.2. The Morgan fingerprint density at radius 1 is 0.552 bits per heavy atom. The topological polar surface area (TPSA) is 132 Å². The van der Waals surface area contributed by atoms with Crippen molar-refractivity contribution < 1.29 is 43.0 Å². The molecule has 0 radical (unpaired) electrons. The van der Waals surface area contributed by atoms with Crippen LogP contribution in [0.2, 0.25) is 0 Å². The summed E-state index contributed by atoms with van der Waals surface area (Å²) in [5.41, 5.74) is 0. The Hall–Kier alpha value is -1.58. The minimum Gasteiger partial charge on any atom is -0.457 e. The third kappa shape index (κ3) is 44.0. The third-order valence-corrected chi connectivity index (χ3v) is 11.0. The van der Waals surface area contributed by atoms with E-state index in [1.807, 2.05) is 0 Å². The molecule has 58 heavy (non-hydrogen) atoms. The highest BCUT2D eigenvalue weighted by molar-refractivity contribution is 7.47. The molecular weight excluding hydrogens is 751 g/mol. The van der Waals surface area contributed by atoms with E-state index in [-0.39, 0.29) is 25.6 Å². The predicted octanol–water partition coefficient (Wildman–Crippen LogP) is 13.4. The van der Waals surface area contributed by atoms with Crippen molar-refractivity contribution in [2.45, 2.75) is 219 Å². The molecule has 0 bridgehead atoms. The van der Waals surface area contributed by atoms with Crippen LogP contribution in [0.5, 0.6) is 0 Å². The summed E-state index contributed by atoms with van der Waals surface area (Å²) < 4.78 is 33.4. The molecule has 0 aromatic heterocycles. The van der Waals surface area contributed by atoms with E-state index in [4.69, 9.17) is 23.6 Å². The van der Waals surface area contributed by atoms with Gasteiger partial charge < -0.3 is 24.6 Å². The van der Waals surface area contributed by atoms with E-state index in [1.54, 1.807) is 0 Å². The van der Waals surface area contributed by atoms with Crippen molar-refractivity contribution in [3.8, 4) is 0 Å². The van der Waals surface area contributed by atoms with Crippen LogP contribution in [0.15, 0.2) is 48.6 Å². The summed E-state index contributed by atoms with van der Waals surface area (Å²) in [6.45, 7) is 3.43. The summed E-state index contributed by atoms with van der Waals surface area (Å²) >= 11 is 0. The second-order valence-corrected chi connectivity index (χ2v) is 17.2. The number of unbranched alkanes of at least 4 members (excludes halogenated alkanes) is 23. The van der Waals surface area contributed by atoms with Gasteiger partial charge in [-0.3, -0.25) is 13.8 Å². The number of phosphoric ester groups is 1. The molecule has 0 aromatic rings. The molecule has 0 aliphatic carbocycles. The van der Waals surface area contributed by atoms with Gasteiger partial charge in [-0.15, -0.1) is 0 Å². The highest BCUT2D eigenvalue weighted by Gasteiger charge is 2.26. The standard InChI is InChI=1S/C48H89O9P/c1-3-5-7-9-11-13-15-17-19-20-21-22-23-24-25-26-27-28-30-32-34-36-38-40-48(51)57-47(45-56-58(52,53)55-43-46(50)42-49)44-54-41-39-37-35-33-31-29-18-16-14-12-10-8-6-4-2/h5,7,11,13,17,19,21-22,46-47,49-50H,3-4,6,8-10,12,14-16,18,20,23-45H2,1-2H3,(H,52,53)/b7-5-,13-11-,19-17-,22-21-.